The Hall–Kier alpha value is -1.59. The number of morpholine rings is 1. The van der Waals surface area contributed by atoms with Crippen molar-refractivity contribution in [2.45, 2.75) is 37.8 Å². The molecule has 0 unspecified atom stereocenters. The van der Waals surface area contributed by atoms with E-state index in [1.54, 1.807) is 0 Å². The molecule has 128 valence electrons. The number of nitrogens with zero attached hydrogens (tertiary/aromatic N) is 3. The molecule has 2 aromatic rings. The van der Waals surface area contributed by atoms with Gasteiger partial charge in [0.05, 0.1) is 24.9 Å². The fourth-order valence-corrected chi connectivity index (χ4v) is 3.39. The summed E-state index contributed by atoms with van der Waals surface area (Å²) in [5, 5.41) is 0.589. The predicted molar refractivity (Wildman–Crippen MR) is 102 cm³/mol. The quantitative estimate of drug-likeness (QED) is 0.820. The number of benzene rings is 1. The molecule has 0 spiro atoms. The molecule has 1 aliphatic rings. The Bertz CT molecular complexity index is 663. The molecule has 0 radical (unpaired) electrons. The average molecular weight is 343 g/mol. The normalized spacial score (nSPS) is 18.2. The molecular formula is C19H25N3OS. The van der Waals surface area contributed by atoms with Crippen LogP contribution in [0.15, 0.2) is 36.4 Å². The fraction of sp³-hybridized carbons (Fsp3) is 0.474. The molecule has 0 amide bonds. The van der Waals surface area contributed by atoms with Gasteiger partial charge in [0.1, 0.15) is 5.82 Å². The molecule has 1 fully saturated rings. The molecule has 1 aromatic heterocycles. The van der Waals surface area contributed by atoms with Crippen molar-refractivity contribution in [3.8, 4) is 11.4 Å². The lowest BCUT2D eigenvalue weighted by Crippen LogP contribution is -2.44. The first-order chi connectivity index (χ1) is 11.6. The molecule has 0 bridgehead atoms. The highest BCUT2D eigenvalue weighted by Crippen LogP contribution is 2.25. The van der Waals surface area contributed by atoms with Crippen LogP contribution in [0, 0.1) is 0 Å². The van der Waals surface area contributed by atoms with E-state index in [0.717, 1.165) is 48.4 Å². The van der Waals surface area contributed by atoms with Crippen LogP contribution in [0.3, 0.4) is 0 Å². The van der Waals surface area contributed by atoms with E-state index in [2.05, 4.69) is 43.9 Å². The number of aromatic nitrogens is 2. The zero-order valence-electron chi connectivity index (χ0n) is 14.6. The maximum absolute atomic E-state index is 5.57. The van der Waals surface area contributed by atoms with Crippen LogP contribution >= 0.6 is 11.8 Å². The Balaban J connectivity index is 1.96. The van der Waals surface area contributed by atoms with E-state index in [0.29, 0.717) is 11.3 Å². The first-order valence-corrected chi connectivity index (χ1v) is 9.57. The van der Waals surface area contributed by atoms with Crippen molar-refractivity contribution in [3.05, 3.63) is 42.1 Å². The van der Waals surface area contributed by atoms with Crippen molar-refractivity contribution in [2.24, 2.45) is 0 Å². The number of thioether (sulfide) groups is 1. The standard InChI is InChI=1S/C19H25N3OS/c1-14(2)24-13-17-11-18(22-9-10-23-12-15(22)3)21-19(20-17)16-7-5-4-6-8-16/h4-8,11,14-15H,9-10,12-13H2,1-3H3/t15-/m0/s1. The second-order valence-corrected chi connectivity index (χ2v) is 7.95. The van der Waals surface area contributed by atoms with E-state index in [-0.39, 0.29) is 0 Å². The summed E-state index contributed by atoms with van der Waals surface area (Å²) in [7, 11) is 0. The number of ether oxygens (including phenoxy) is 1. The van der Waals surface area contributed by atoms with Gasteiger partial charge in [0, 0.05) is 23.9 Å². The van der Waals surface area contributed by atoms with E-state index < -0.39 is 0 Å². The molecule has 0 aliphatic carbocycles. The van der Waals surface area contributed by atoms with Gasteiger partial charge < -0.3 is 9.64 Å². The minimum absolute atomic E-state index is 0.336. The van der Waals surface area contributed by atoms with Gasteiger partial charge in [-0.3, -0.25) is 0 Å². The van der Waals surface area contributed by atoms with Crippen molar-refractivity contribution >= 4 is 17.6 Å². The van der Waals surface area contributed by atoms with Crippen LogP contribution in [0.25, 0.3) is 11.4 Å². The van der Waals surface area contributed by atoms with E-state index in [1.807, 2.05) is 30.0 Å². The van der Waals surface area contributed by atoms with Crippen molar-refractivity contribution in [3.63, 3.8) is 0 Å². The van der Waals surface area contributed by atoms with Gasteiger partial charge in [-0.25, -0.2) is 9.97 Å². The van der Waals surface area contributed by atoms with Gasteiger partial charge >= 0.3 is 0 Å². The average Bonchev–Trinajstić information content (AvgIpc) is 2.61. The Morgan fingerprint density at radius 1 is 1.25 bits per heavy atom. The summed E-state index contributed by atoms with van der Waals surface area (Å²) < 4.78 is 5.57. The predicted octanol–water partition coefficient (Wildman–Crippen LogP) is 4.01. The van der Waals surface area contributed by atoms with Crippen LogP contribution in [0.2, 0.25) is 0 Å². The van der Waals surface area contributed by atoms with Gasteiger partial charge in [-0.2, -0.15) is 11.8 Å². The van der Waals surface area contributed by atoms with E-state index in [4.69, 9.17) is 14.7 Å². The van der Waals surface area contributed by atoms with Crippen molar-refractivity contribution < 1.29 is 4.74 Å². The van der Waals surface area contributed by atoms with Crippen LogP contribution < -0.4 is 4.90 Å². The molecule has 4 nitrogen and oxygen atoms in total. The summed E-state index contributed by atoms with van der Waals surface area (Å²) in [6.07, 6.45) is 0. The zero-order chi connectivity index (χ0) is 16.9. The van der Waals surface area contributed by atoms with Gasteiger partial charge in [0.25, 0.3) is 0 Å². The maximum atomic E-state index is 5.57. The van der Waals surface area contributed by atoms with E-state index in [1.165, 1.54) is 0 Å². The molecule has 2 heterocycles. The van der Waals surface area contributed by atoms with E-state index in [9.17, 15) is 0 Å². The Labute approximate surface area is 148 Å². The number of anilines is 1. The second-order valence-electron chi connectivity index (χ2n) is 6.38. The SMILES string of the molecule is CC(C)SCc1cc(N2CCOC[C@@H]2C)nc(-c2ccccc2)n1. The van der Waals surface area contributed by atoms with Crippen molar-refractivity contribution in [1.29, 1.82) is 0 Å². The summed E-state index contributed by atoms with van der Waals surface area (Å²) in [6, 6.07) is 12.7. The highest BCUT2D eigenvalue weighted by molar-refractivity contribution is 7.99. The highest BCUT2D eigenvalue weighted by atomic mass is 32.2. The molecule has 1 atom stereocenters. The fourth-order valence-electron chi connectivity index (χ4n) is 2.74. The number of rotatable bonds is 5. The first-order valence-electron chi connectivity index (χ1n) is 8.53. The molecule has 0 N–H and O–H groups in total. The minimum atomic E-state index is 0.336. The maximum Gasteiger partial charge on any atom is 0.161 e. The van der Waals surface area contributed by atoms with Gasteiger partial charge in [0.2, 0.25) is 0 Å². The van der Waals surface area contributed by atoms with Crippen LogP contribution in [0.4, 0.5) is 5.82 Å². The van der Waals surface area contributed by atoms with Crippen LogP contribution in [0.1, 0.15) is 26.5 Å². The highest BCUT2D eigenvalue weighted by Gasteiger charge is 2.21. The summed E-state index contributed by atoms with van der Waals surface area (Å²) >= 11 is 1.91. The third-order valence-corrected chi connectivity index (χ3v) is 5.15. The molecular weight excluding hydrogens is 318 g/mol. The van der Waals surface area contributed by atoms with E-state index >= 15 is 0 Å². The molecule has 0 saturated carbocycles. The Kier molecular flexibility index (Phi) is 5.74. The molecule has 1 aliphatic heterocycles. The lowest BCUT2D eigenvalue weighted by atomic mass is 10.2. The lowest BCUT2D eigenvalue weighted by molar-refractivity contribution is 0.0985. The van der Waals surface area contributed by atoms with Crippen LogP contribution in [-0.4, -0.2) is 41.0 Å². The molecule has 5 heteroatoms. The van der Waals surface area contributed by atoms with Gasteiger partial charge in [-0.05, 0) is 12.2 Å². The lowest BCUT2D eigenvalue weighted by Gasteiger charge is -2.34. The monoisotopic (exact) mass is 343 g/mol. The van der Waals surface area contributed by atoms with Gasteiger partial charge in [-0.15, -0.1) is 0 Å². The first kappa shape index (κ1) is 17.2. The second kappa shape index (κ2) is 7.99. The molecule has 24 heavy (non-hydrogen) atoms. The van der Waals surface area contributed by atoms with Crippen molar-refractivity contribution in [2.75, 3.05) is 24.7 Å². The van der Waals surface area contributed by atoms with Crippen LogP contribution in [0.5, 0.6) is 0 Å². The Morgan fingerprint density at radius 3 is 2.75 bits per heavy atom. The van der Waals surface area contributed by atoms with Crippen LogP contribution in [-0.2, 0) is 10.5 Å². The molecule has 1 saturated heterocycles. The summed E-state index contributed by atoms with van der Waals surface area (Å²) in [5.74, 6) is 2.73. The topological polar surface area (TPSA) is 38.2 Å². The summed E-state index contributed by atoms with van der Waals surface area (Å²) in [4.78, 5) is 12.0. The van der Waals surface area contributed by atoms with Gasteiger partial charge in [-0.1, -0.05) is 44.2 Å². The molecule has 1 aromatic carbocycles. The van der Waals surface area contributed by atoms with Crippen molar-refractivity contribution in [1.82, 2.24) is 9.97 Å². The third-order valence-electron chi connectivity index (χ3n) is 4.02. The Morgan fingerprint density at radius 2 is 2.04 bits per heavy atom. The summed E-state index contributed by atoms with van der Waals surface area (Å²) in [6.45, 7) is 9.00. The molecule has 3 rings (SSSR count). The number of hydrogen-bond donors (Lipinski definition) is 0. The smallest absolute Gasteiger partial charge is 0.161 e. The largest absolute Gasteiger partial charge is 0.377 e. The number of hydrogen-bond acceptors (Lipinski definition) is 5. The zero-order valence-corrected chi connectivity index (χ0v) is 15.4. The third kappa shape index (κ3) is 4.28. The minimum Gasteiger partial charge on any atom is -0.377 e. The van der Waals surface area contributed by atoms with Gasteiger partial charge in [0.15, 0.2) is 5.82 Å². The summed E-state index contributed by atoms with van der Waals surface area (Å²) in [5.41, 5.74) is 2.16.